The van der Waals surface area contributed by atoms with Crippen LogP contribution in [0.2, 0.25) is 0 Å². The van der Waals surface area contributed by atoms with E-state index in [4.69, 9.17) is 4.74 Å². The summed E-state index contributed by atoms with van der Waals surface area (Å²) in [5.74, 6) is -0.414. The molecule has 0 spiro atoms. The van der Waals surface area contributed by atoms with Crippen molar-refractivity contribution in [1.82, 2.24) is 9.55 Å². The Morgan fingerprint density at radius 1 is 1.33 bits per heavy atom. The largest absolute Gasteiger partial charge is 0.478 e. The van der Waals surface area contributed by atoms with E-state index in [0.29, 0.717) is 30.2 Å². The van der Waals surface area contributed by atoms with Crippen LogP contribution in [0.5, 0.6) is 0 Å². The van der Waals surface area contributed by atoms with Crippen LogP contribution >= 0.6 is 11.3 Å². The number of unbranched alkanes of at least 4 members (excludes halogenated alkanes) is 4. The quantitative estimate of drug-likeness (QED) is 0.663. The van der Waals surface area contributed by atoms with Crippen LogP contribution in [-0.2, 0) is 17.7 Å². The average molecular weight is 352 g/mol. The second-order valence-electron chi connectivity index (χ2n) is 5.78. The van der Waals surface area contributed by atoms with Gasteiger partial charge in [0.05, 0.1) is 17.6 Å². The van der Waals surface area contributed by atoms with Gasteiger partial charge in [0.15, 0.2) is 0 Å². The van der Waals surface area contributed by atoms with Crippen LogP contribution in [0.1, 0.15) is 55.2 Å². The van der Waals surface area contributed by atoms with Crippen molar-refractivity contribution in [3.05, 3.63) is 27.1 Å². The van der Waals surface area contributed by atoms with Crippen molar-refractivity contribution in [1.29, 1.82) is 0 Å². The van der Waals surface area contributed by atoms with Gasteiger partial charge in [-0.15, -0.1) is 11.3 Å². The van der Waals surface area contributed by atoms with Gasteiger partial charge in [-0.25, -0.2) is 9.78 Å². The molecule has 0 aromatic carbocycles. The molecule has 0 unspecified atom stereocenters. The van der Waals surface area contributed by atoms with E-state index in [2.05, 4.69) is 11.9 Å². The van der Waals surface area contributed by atoms with Gasteiger partial charge in [-0.05, 0) is 6.42 Å². The molecule has 0 bridgehead atoms. The number of nitrogens with zero attached hydrogens (tertiary/aromatic N) is 2. The molecule has 2 aromatic heterocycles. The number of carboxylic acids is 1. The molecule has 0 saturated heterocycles. The Labute approximate surface area is 145 Å². The topological polar surface area (TPSA) is 81.4 Å². The third kappa shape index (κ3) is 4.21. The van der Waals surface area contributed by atoms with Crippen LogP contribution in [0, 0.1) is 0 Å². The summed E-state index contributed by atoms with van der Waals surface area (Å²) < 4.78 is 6.74. The molecular weight excluding hydrogens is 328 g/mol. The zero-order chi connectivity index (χ0) is 17.5. The second kappa shape index (κ2) is 8.94. The van der Waals surface area contributed by atoms with Gasteiger partial charge in [0, 0.05) is 25.5 Å². The predicted molar refractivity (Wildman–Crippen MR) is 95.2 cm³/mol. The molecular formula is C17H24N2O4S. The van der Waals surface area contributed by atoms with Gasteiger partial charge < -0.3 is 9.84 Å². The molecule has 0 aliphatic heterocycles. The lowest BCUT2D eigenvalue weighted by Crippen LogP contribution is -2.26. The Bertz CT molecular complexity index is 751. The number of aromatic nitrogens is 2. The Balaban J connectivity index is 2.36. The van der Waals surface area contributed by atoms with Crippen molar-refractivity contribution in [3.8, 4) is 0 Å². The molecule has 24 heavy (non-hydrogen) atoms. The number of carbonyl (C=O) groups is 1. The first-order chi connectivity index (χ1) is 11.6. The van der Waals surface area contributed by atoms with E-state index in [1.165, 1.54) is 29.6 Å². The van der Waals surface area contributed by atoms with Gasteiger partial charge in [-0.3, -0.25) is 9.36 Å². The van der Waals surface area contributed by atoms with Gasteiger partial charge in [-0.1, -0.05) is 32.6 Å². The molecule has 0 atom stereocenters. The molecule has 6 nitrogen and oxygen atoms in total. The third-order valence-corrected chi connectivity index (χ3v) is 4.89. The maximum Gasteiger partial charge on any atom is 0.337 e. The summed E-state index contributed by atoms with van der Waals surface area (Å²) >= 11 is 1.20. The standard InChI is InChI=1S/C17H24N2O4S/c1-3-4-5-6-7-9-19-13(8-10-23-2)18-15-14(16(19)20)12(11-24-15)17(21)22/h11H,3-10H2,1-2H3,(H,21,22). The van der Waals surface area contributed by atoms with Gasteiger partial charge in [0.1, 0.15) is 10.7 Å². The van der Waals surface area contributed by atoms with Crippen LogP contribution < -0.4 is 5.56 Å². The molecule has 7 heteroatoms. The summed E-state index contributed by atoms with van der Waals surface area (Å²) in [4.78, 5) is 29.2. The van der Waals surface area contributed by atoms with Crippen LogP contribution in [0.15, 0.2) is 10.2 Å². The highest BCUT2D eigenvalue weighted by Gasteiger charge is 2.19. The van der Waals surface area contributed by atoms with E-state index in [1.807, 2.05) is 0 Å². The fraction of sp³-hybridized carbons (Fsp3) is 0.588. The fourth-order valence-electron chi connectivity index (χ4n) is 2.71. The molecule has 0 fully saturated rings. The lowest BCUT2D eigenvalue weighted by Gasteiger charge is -2.12. The summed E-state index contributed by atoms with van der Waals surface area (Å²) in [6, 6.07) is 0. The van der Waals surface area contributed by atoms with E-state index in [9.17, 15) is 14.7 Å². The maximum absolute atomic E-state index is 12.8. The Kier molecular flexibility index (Phi) is 6.93. The summed E-state index contributed by atoms with van der Waals surface area (Å²) in [5, 5.41) is 11.0. The van der Waals surface area contributed by atoms with Crippen molar-refractivity contribution in [3.63, 3.8) is 0 Å². The number of hydrogen-bond donors (Lipinski definition) is 1. The van der Waals surface area contributed by atoms with Crippen molar-refractivity contribution in [2.24, 2.45) is 0 Å². The normalized spacial score (nSPS) is 11.2. The highest BCUT2D eigenvalue weighted by Crippen LogP contribution is 2.22. The fourth-order valence-corrected chi connectivity index (χ4v) is 3.63. The molecule has 132 valence electrons. The van der Waals surface area contributed by atoms with Gasteiger partial charge in [0.25, 0.3) is 5.56 Å². The first kappa shape index (κ1) is 18.6. The number of fused-ring (bicyclic) bond motifs is 1. The lowest BCUT2D eigenvalue weighted by molar-refractivity contribution is 0.0699. The molecule has 2 rings (SSSR count). The number of ether oxygens (including phenoxy) is 1. The maximum atomic E-state index is 12.8. The molecule has 2 aromatic rings. The van der Waals surface area contributed by atoms with E-state index >= 15 is 0 Å². The number of hydrogen-bond acceptors (Lipinski definition) is 5. The zero-order valence-corrected chi connectivity index (χ0v) is 15.0. The Morgan fingerprint density at radius 3 is 2.75 bits per heavy atom. The third-order valence-electron chi connectivity index (χ3n) is 4.02. The molecule has 2 heterocycles. The minimum absolute atomic E-state index is 0.0468. The van der Waals surface area contributed by atoms with Crippen molar-refractivity contribution in [2.45, 2.75) is 52.0 Å². The van der Waals surface area contributed by atoms with Crippen LogP contribution in [0.4, 0.5) is 0 Å². The monoisotopic (exact) mass is 352 g/mol. The van der Waals surface area contributed by atoms with E-state index in [0.717, 1.165) is 19.3 Å². The highest BCUT2D eigenvalue weighted by atomic mass is 32.1. The number of aromatic carboxylic acids is 1. The van der Waals surface area contributed by atoms with E-state index in [1.54, 1.807) is 11.7 Å². The summed E-state index contributed by atoms with van der Waals surface area (Å²) in [5.41, 5.74) is -0.203. The first-order valence-corrected chi connectivity index (χ1v) is 9.21. The lowest BCUT2D eigenvalue weighted by atomic mass is 10.1. The number of carboxylic acid groups (broad SMARTS) is 1. The summed E-state index contributed by atoms with van der Waals surface area (Å²) in [7, 11) is 1.61. The Morgan fingerprint density at radius 2 is 2.08 bits per heavy atom. The zero-order valence-electron chi connectivity index (χ0n) is 14.2. The van der Waals surface area contributed by atoms with Crippen LogP contribution in [0.3, 0.4) is 0 Å². The van der Waals surface area contributed by atoms with Crippen LogP contribution in [0.25, 0.3) is 10.2 Å². The Hall–Kier alpha value is -1.73. The molecule has 1 N–H and O–H groups in total. The smallest absolute Gasteiger partial charge is 0.337 e. The number of methoxy groups -OCH3 is 1. The predicted octanol–water partition coefficient (Wildman–Crippen LogP) is 3.32. The van der Waals surface area contributed by atoms with Crippen molar-refractivity contribution < 1.29 is 14.6 Å². The van der Waals surface area contributed by atoms with Crippen LogP contribution in [-0.4, -0.2) is 34.3 Å². The molecule has 0 aliphatic rings. The highest BCUT2D eigenvalue weighted by molar-refractivity contribution is 7.17. The molecule has 0 radical (unpaired) electrons. The van der Waals surface area contributed by atoms with Crippen molar-refractivity contribution >= 4 is 27.5 Å². The number of thiophene rings is 1. The number of rotatable bonds is 10. The average Bonchev–Trinajstić information content (AvgIpc) is 2.99. The first-order valence-electron chi connectivity index (χ1n) is 8.33. The molecule has 0 saturated carbocycles. The summed E-state index contributed by atoms with van der Waals surface area (Å²) in [6.45, 7) is 3.21. The minimum Gasteiger partial charge on any atom is -0.478 e. The van der Waals surface area contributed by atoms with Gasteiger partial charge in [-0.2, -0.15) is 0 Å². The minimum atomic E-state index is -1.08. The van der Waals surface area contributed by atoms with E-state index in [-0.39, 0.29) is 16.5 Å². The van der Waals surface area contributed by atoms with Gasteiger partial charge in [0.2, 0.25) is 0 Å². The molecule has 0 amide bonds. The van der Waals surface area contributed by atoms with Gasteiger partial charge >= 0.3 is 5.97 Å². The SMILES string of the molecule is CCCCCCCn1c(CCOC)nc2scc(C(=O)O)c2c1=O. The van der Waals surface area contributed by atoms with E-state index < -0.39 is 5.97 Å². The molecule has 0 aliphatic carbocycles. The second-order valence-corrected chi connectivity index (χ2v) is 6.63. The van der Waals surface area contributed by atoms with Crippen molar-refractivity contribution in [2.75, 3.05) is 13.7 Å². The summed E-state index contributed by atoms with van der Waals surface area (Å²) in [6.07, 6.45) is 5.99.